The van der Waals surface area contributed by atoms with Crippen molar-refractivity contribution in [2.24, 2.45) is 0 Å². The second-order valence-electron chi connectivity index (χ2n) is 5.63. The van der Waals surface area contributed by atoms with Crippen molar-refractivity contribution in [1.29, 1.82) is 0 Å². The zero-order valence-corrected chi connectivity index (χ0v) is 17.9. The molecule has 3 rings (SSSR count). The summed E-state index contributed by atoms with van der Waals surface area (Å²) in [6, 6.07) is 10.1. The smallest absolute Gasteiger partial charge is 0.248 e. The highest BCUT2D eigenvalue weighted by atomic mass is 32.2. The van der Waals surface area contributed by atoms with Crippen LogP contribution in [0, 0.1) is 5.82 Å². The largest absolute Gasteiger partial charge is 0.302 e. The quantitative estimate of drug-likeness (QED) is 0.404. The molecule has 0 spiro atoms. The molecular weight excluding hydrogens is 433 g/mol. The number of benzene rings is 1. The molecule has 0 unspecified atom stereocenters. The summed E-state index contributed by atoms with van der Waals surface area (Å²) in [7, 11) is 0. The first kappa shape index (κ1) is 21.3. The molecule has 0 aliphatic rings. The third-order valence-electron chi connectivity index (χ3n) is 3.64. The summed E-state index contributed by atoms with van der Waals surface area (Å²) in [6.45, 7) is 2.66. The Hall–Kier alpha value is -2.37. The summed E-state index contributed by atoms with van der Waals surface area (Å²) in [4.78, 5) is 25.2. The van der Waals surface area contributed by atoms with E-state index in [0.717, 1.165) is 22.5 Å². The number of amides is 2. The number of nitrogens with one attached hydrogen (secondary N) is 2. The maximum Gasteiger partial charge on any atom is 0.248 e. The number of aromatic nitrogens is 3. The minimum atomic E-state index is -0.423. The summed E-state index contributed by atoms with van der Waals surface area (Å²) < 4.78 is 15.5. The van der Waals surface area contributed by atoms with Gasteiger partial charge in [0, 0.05) is 11.4 Å². The molecule has 0 saturated carbocycles. The van der Waals surface area contributed by atoms with E-state index < -0.39 is 5.91 Å². The van der Waals surface area contributed by atoms with Gasteiger partial charge >= 0.3 is 0 Å². The Morgan fingerprint density at radius 1 is 1.07 bits per heavy atom. The van der Waals surface area contributed by atoms with Gasteiger partial charge in [-0.2, -0.15) is 0 Å². The van der Waals surface area contributed by atoms with Crippen LogP contribution >= 0.6 is 34.9 Å². The van der Waals surface area contributed by atoms with Crippen LogP contribution in [0.5, 0.6) is 0 Å². The molecule has 0 radical (unpaired) electrons. The molecule has 0 aliphatic heterocycles. The SMILES string of the molecule is CCn1c(SCC(=O)NNC(=O)CSc2ccccc2F)nnc1-c1cccs1. The predicted molar refractivity (Wildman–Crippen MR) is 113 cm³/mol. The second kappa shape index (κ2) is 10.4. The monoisotopic (exact) mass is 451 g/mol. The van der Waals surface area contributed by atoms with Crippen LogP contribution in [0.1, 0.15) is 6.92 Å². The van der Waals surface area contributed by atoms with E-state index in [0.29, 0.717) is 16.6 Å². The number of halogens is 1. The highest BCUT2D eigenvalue weighted by Gasteiger charge is 2.15. The van der Waals surface area contributed by atoms with E-state index in [1.54, 1.807) is 29.5 Å². The number of hydrogen-bond donors (Lipinski definition) is 2. The third-order valence-corrected chi connectivity index (χ3v) is 6.52. The Balaban J connectivity index is 1.44. The molecule has 0 aliphatic carbocycles. The van der Waals surface area contributed by atoms with Crippen LogP contribution in [0.2, 0.25) is 0 Å². The molecule has 3 aromatic rings. The Morgan fingerprint density at radius 2 is 1.79 bits per heavy atom. The fraction of sp³-hybridized carbons (Fsp3) is 0.222. The Labute approximate surface area is 179 Å². The van der Waals surface area contributed by atoms with Gasteiger partial charge in [-0.3, -0.25) is 20.4 Å². The highest BCUT2D eigenvalue weighted by molar-refractivity contribution is 8.00. The van der Waals surface area contributed by atoms with Crippen LogP contribution in [0.15, 0.2) is 51.8 Å². The van der Waals surface area contributed by atoms with Crippen molar-refractivity contribution in [3.05, 3.63) is 47.6 Å². The minimum Gasteiger partial charge on any atom is -0.302 e. The van der Waals surface area contributed by atoms with E-state index in [9.17, 15) is 14.0 Å². The van der Waals surface area contributed by atoms with Crippen molar-refractivity contribution in [2.75, 3.05) is 11.5 Å². The zero-order valence-electron chi connectivity index (χ0n) is 15.4. The van der Waals surface area contributed by atoms with Crippen molar-refractivity contribution in [3.63, 3.8) is 0 Å². The van der Waals surface area contributed by atoms with Crippen LogP contribution in [-0.2, 0) is 16.1 Å². The second-order valence-corrected chi connectivity index (χ2v) is 8.54. The first-order valence-corrected chi connectivity index (χ1v) is 11.5. The number of carbonyl (C=O) groups excluding carboxylic acids is 2. The van der Waals surface area contributed by atoms with Gasteiger partial charge in [0.05, 0.1) is 16.4 Å². The van der Waals surface area contributed by atoms with Crippen LogP contribution in [0.25, 0.3) is 10.7 Å². The van der Waals surface area contributed by atoms with Crippen molar-refractivity contribution in [3.8, 4) is 10.7 Å². The lowest BCUT2D eigenvalue weighted by Crippen LogP contribution is -2.43. The Bertz CT molecular complexity index is 978. The zero-order chi connectivity index (χ0) is 20.6. The Morgan fingerprint density at radius 3 is 2.45 bits per heavy atom. The molecule has 2 aromatic heterocycles. The normalized spacial score (nSPS) is 10.7. The molecule has 0 bridgehead atoms. The molecule has 2 N–H and O–H groups in total. The van der Waals surface area contributed by atoms with Gasteiger partial charge in [-0.25, -0.2) is 4.39 Å². The molecule has 0 saturated heterocycles. The number of thiophene rings is 1. The molecule has 2 amide bonds. The number of hydrazine groups is 1. The van der Waals surface area contributed by atoms with Gasteiger partial charge in [-0.1, -0.05) is 30.0 Å². The molecule has 0 atom stereocenters. The van der Waals surface area contributed by atoms with Gasteiger partial charge in [0.25, 0.3) is 0 Å². The van der Waals surface area contributed by atoms with Crippen LogP contribution < -0.4 is 10.9 Å². The molecule has 0 fully saturated rings. The molecule has 152 valence electrons. The van der Waals surface area contributed by atoms with Gasteiger partial charge < -0.3 is 4.57 Å². The molecule has 1 aromatic carbocycles. The lowest BCUT2D eigenvalue weighted by Gasteiger charge is -2.08. The number of carbonyl (C=O) groups is 2. The van der Waals surface area contributed by atoms with E-state index in [2.05, 4.69) is 21.0 Å². The van der Waals surface area contributed by atoms with E-state index in [1.807, 2.05) is 29.0 Å². The van der Waals surface area contributed by atoms with E-state index in [-0.39, 0.29) is 23.2 Å². The van der Waals surface area contributed by atoms with Gasteiger partial charge in [0.1, 0.15) is 5.82 Å². The first-order valence-electron chi connectivity index (χ1n) is 8.63. The number of thioether (sulfide) groups is 2. The number of hydrogen-bond acceptors (Lipinski definition) is 7. The Kier molecular flexibility index (Phi) is 7.67. The van der Waals surface area contributed by atoms with E-state index in [4.69, 9.17) is 0 Å². The fourth-order valence-corrected chi connectivity index (χ4v) is 4.57. The lowest BCUT2D eigenvalue weighted by atomic mass is 10.3. The molecule has 7 nitrogen and oxygen atoms in total. The standard InChI is InChI=1S/C18H18FN5O2S3/c1-2-24-17(14-8-5-9-27-14)22-23-18(24)29-11-16(26)21-20-15(25)10-28-13-7-4-3-6-12(13)19/h3-9H,2,10-11H2,1H3,(H,20,25)(H,21,26). The maximum atomic E-state index is 13.5. The number of nitrogens with zero attached hydrogens (tertiary/aromatic N) is 3. The maximum absolute atomic E-state index is 13.5. The molecule has 29 heavy (non-hydrogen) atoms. The summed E-state index contributed by atoms with van der Waals surface area (Å²) in [5, 5.41) is 11.0. The van der Waals surface area contributed by atoms with Crippen molar-refractivity contribution >= 4 is 46.7 Å². The van der Waals surface area contributed by atoms with Crippen molar-refractivity contribution < 1.29 is 14.0 Å². The van der Waals surface area contributed by atoms with E-state index >= 15 is 0 Å². The molecular formula is C18H18FN5O2S3. The van der Waals surface area contributed by atoms with Gasteiger partial charge in [-0.15, -0.1) is 33.3 Å². The molecule has 11 heteroatoms. The van der Waals surface area contributed by atoms with Gasteiger partial charge in [-0.05, 0) is 30.5 Å². The average molecular weight is 452 g/mol. The fourth-order valence-electron chi connectivity index (χ4n) is 2.32. The summed E-state index contributed by atoms with van der Waals surface area (Å²) >= 11 is 3.87. The van der Waals surface area contributed by atoms with Crippen molar-refractivity contribution in [1.82, 2.24) is 25.6 Å². The summed E-state index contributed by atoms with van der Waals surface area (Å²) in [5.74, 6) is -0.348. The topological polar surface area (TPSA) is 88.9 Å². The summed E-state index contributed by atoms with van der Waals surface area (Å²) in [5.41, 5.74) is 4.68. The molecule has 2 heterocycles. The first-order chi connectivity index (χ1) is 14.1. The van der Waals surface area contributed by atoms with Gasteiger partial charge in [0.2, 0.25) is 11.8 Å². The summed E-state index contributed by atoms with van der Waals surface area (Å²) in [6.07, 6.45) is 0. The van der Waals surface area contributed by atoms with Crippen molar-refractivity contribution in [2.45, 2.75) is 23.5 Å². The third kappa shape index (κ3) is 5.81. The average Bonchev–Trinajstić information content (AvgIpc) is 3.39. The van der Waals surface area contributed by atoms with Crippen LogP contribution in [-0.4, -0.2) is 38.1 Å². The highest BCUT2D eigenvalue weighted by Crippen LogP contribution is 2.27. The van der Waals surface area contributed by atoms with E-state index in [1.165, 1.54) is 17.8 Å². The number of rotatable bonds is 8. The van der Waals surface area contributed by atoms with Crippen LogP contribution in [0.3, 0.4) is 0 Å². The minimum absolute atomic E-state index is 0.0112. The lowest BCUT2D eigenvalue weighted by molar-refractivity contribution is -0.126. The predicted octanol–water partition coefficient (Wildman–Crippen LogP) is 3.20. The van der Waals surface area contributed by atoms with Crippen LogP contribution in [0.4, 0.5) is 4.39 Å². The van der Waals surface area contributed by atoms with Gasteiger partial charge in [0.15, 0.2) is 11.0 Å².